The van der Waals surface area contributed by atoms with Gasteiger partial charge in [-0.05, 0) is 37.1 Å². The Labute approximate surface area is 151 Å². The van der Waals surface area contributed by atoms with Gasteiger partial charge in [-0.25, -0.2) is 9.78 Å². The van der Waals surface area contributed by atoms with Gasteiger partial charge in [0.2, 0.25) is 0 Å². The average molecular weight is 348 g/mol. The fourth-order valence-corrected chi connectivity index (χ4v) is 3.67. The van der Waals surface area contributed by atoms with Crippen LogP contribution in [0.25, 0.3) is 22.2 Å². The van der Waals surface area contributed by atoms with Crippen molar-refractivity contribution >= 4 is 22.6 Å². The zero-order valence-corrected chi connectivity index (χ0v) is 14.3. The summed E-state index contributed by atoms with van der Waals surface area (Å²) in [6.07, 6.45) is 1.96. The molecule has 1 atom stereocenters. The Bertz CT molecular complexity index is 956. The van der Waals surface area contributed by atoms with Crippen LogP contribution in [0.5, 0.6) is 0 Å². The zero-order chi connectivity index (χ0) is 18.1. The number of benzene rings is 2. The van der Waals surface area contributed by atoms with Crippen molar-refractivity contribution in [1.82, 2.24) is 4.98 Å². The topological polar surface area (TPSA) is 73.7 Å². The van der Waals surface area contributed by atoms with Crippen molar-refractivity contribution in [1.29, 1.82) is 0 Å². The summed E-state index contributed by atoms with van der Waals surface area (Å²) in [5.74, 6) is -0.949. The predicted molar refractivity (Wildman–Crippen MR) is 102 cm³/mol. The van der Waals surface area contributed by atoms with E-state index in [1.54, 1.807) is 18.2 Å². The molecule has 0 bridgehead atoms. The molecule has 0 spiro atoms. The largest absolute Gasteiger partial charge is 0.478 e. The van der Waals surface area contributed by atoms with Crippen molar-refractivity contribution in [3.8, 4) is 11.3 Å². The number of hydrogen-bond acceptors (Lipinski definition) is 4. The number of carboxylic acid groups (broad SMARTS) is 1. The van der Waals surface area contributed by atoms with Gasteiger partial charge in [-0.15, -0.1) is 0 Å². The number of aromatic nitrogens is 1. The predicted octanol–water partition coefficient (Wildman–Crippen LogP) is 3.56. The SMILES string of the molecule is O=C(O)c1ccc2nc(-c3ccccc3)c(N3CCC[C@@H]3CO)cc2c1. The van der Waals surface area contributed by atoms with Gasteiger partial charge < -0.3 is 15.1 Å². The number of carbonyl (C=O) groups is 1. The van der Waals surface area contributed by atoms with E-state index >= 15 is 0 Å². The van der Waals surface area contributed by atoms with E-state index in [9.17, 15) is 15.0 Å². The fraction of sp³-hybridized carbons (Fsp3) is 0.238. The van der Waals surface area contributed by atoms with E-state index in [0.29, 0.717) is 0 Å². The molecule has 26 heavy (non-hydrogen) atoms. The highest BCUT2D eigenvalue weighted by Crippen LogP contribution is 2.36. The number of aromatic carboxylic acids is 1. The van der Waals surface area contributed by atoms with E-state index in [0.717, 1.165) is 47.2 Å². The lowest BCUT2D eigenvalue weighted by molar-refractivity contribution is 0.0697. The summed E-state index contributed by atoms with van der Waals surface area (Å²) in [7, 11) is 0. The molecule has 1 aliphatic heterocycles. The summed E-state index contributed by atoms with van der Waals surface area (Å²) < 4.78 is 0. The van der Waals surface area contributed by atoms with Gasteiger partial charge in [-0.3, -0.25) is 0 Å². The van der Waals surface area contributed by atoms with E-state index in [-0.39, 0.29) is 18.2 Å². The van der Waals surface area contributed by atoms with Crippen LogP contribution in [0.15, 0.2) is 54.6 Å². The van der Waals surface area contributed by atoms with Gasteiger partial charge in [0.25, 0.3) is 0 Å². The molecule has 132 valence electrons. The lowest BCUT2D eigenvalue weighted by Crippen LogP contribution is -2.32. The molecule has 1 saturated heterocycles. The van der Waals surface area contributed by atoms with Crippen molar-refractivity contribution < 1.29 is 15.0 Å². The third-order valence-electron chi connectivity index (χ3n) is 4.99. The molecular formula is C21H20N2O3. The van der Waals surface area contributed by atoms with Crippen molar-refractivity contribution in [2.75, 3.05) is 18.1 Å². The number of hydrogen-bond donors (Lipinski definition) is 2. The second kappa shape index (κ2) is 6.77. The molecule has 0 amide bonds. The standard InChI is InChI=1S/C21H20N2O3/c24-13-17-7-4-10-23(17)19-12-16-11-15(21(25)26)8-9-18(16)22-20(19)14-5-2-1-3-6-14/h1-3,5-6,8-9,11-12,17,24H,4,7,10,13H2,(H,25,26)/t17-/m1/s1. The summed E-state index contributed by atoms with van der Waals surface area (Å²) in [5, 5.41) is 19.8. The average Bonchev–Trinajstić information content (AvgIpc) is 3.15. The summed E-state index contributed by atoms with van der Waals surface area (Å²) in [6.45, 7) is 0.957. The van der Waals surface area contributed by atoms with Gasteiger partial charge in [-0.1, -0.05) is 30.3 Å². The molecule has 5 heteroatoms. The lowest BCUT2D eigenvalue weighted by atomic mass is 10.0. The fourth-order valence-electron chi connectivity index (χ4n) is 3.67. The maximum Gasteiger partial charge on any atom is 0.335 e. The van der Waals surface area contributed by atoms with Gasteiger partial charge in [0.1, 0.15) is 0 Å². The van der Waals surface area contributed by atoms with E-state index in [1.807, 2.05) is 36.4 Å². The molecule has 2 aromatic carbocycles. The minimum Gasteiger partial charge on any atom is -0.478 e. The van der Waals surface area contributed by atoms with E-state index in [4.69, 9.17) is 4.98 Å². The van der Waals surface area contributed by atoms with Gasteiger partial charge >= 0.3 is 5.97 Å². The van der Waals surface area contributed by atoms with Crippen LogP contribution in [0.1, 0.15) is 23.2 Å². The second-order valence-electron chi connectivity index (χ2n) is 6.61. The highest BCUT2D eigenvalue weighted by molar-refractivity contribution is 5.96. The summed E-state index contributed by atoms with van der Waals surface area (Å²) in [5.41, 5.74) is 3.83. The normalized spacial score (nSPS) is 17.0. The van der Waals surface area contributed by atoms with E-state index < -0.39 is 5.97 Å². The minimum atomic E-state index is -0.949. The summed E-state index contributed by atoms with van der Waals surface area (Å²) in [4.78, 5) is 18.3. The summed E-state index contributed by atoms with van der Waals surface area (Å²) in [6, 6.07) is 17.0. The zero-order valence-electron chi connectivity index (χ0n) is 14.3. The molecule has 1 fully saturated rings. The van der Waals surface area contributed by atoms with Gasteiger partial charge in [0.05, 0.1) is 35.1 Å². The molecule has 2 heterocycles. The third kappa shape index (κ3) is 2.91. The Morgan fingerprint density at radius 2 is 1.96 bits per heavy atom. The van der Waals surface area contributed by atoms with Crippen molar-refractivity contribution in [2.24, 2.45) is 0 Å². The molecule has 3 aromatic rings. The number of nitrogens with zero attached hydrogens (tertiary/aromatic N) is 2. The Hall–Kier alpha value is -2.92. The first-order valence-electron chi connectivity index (χ1n) is 8.78. The molecular weight excluding hydrogens is 328 g/mol. The van der Waals surface area contributed by atoms with Crippen LogP contribution in [0.2, 0.25) is 0 Å². The molecule has 0 radical (unpaired) electrons. The molecule has 0 aliphatic carbocycles. The van der Waals surface area contributed by atoms with Crippen LogP contribution in [0, 0.1) is 0 Å². The number of rotatable bonds is 4. The van der Waals surface area contributed by atoms with Crippen LogP contribution in [-0.2, 0) is 0 Å². The number of anilines is 1. The molecule has 0 saturated carbocycles. The first-order chi connectivity index (χ1) is 12.7. The third-order valence-corrected chi connectivity index (χ3v) is 4.99. The van der Waals surface area contributed by atoms with Crippen LogP contribution in [0.3, 0.4) is 0 Å². The maximum absolute atomic E-state index is 11.3. The van der Waals surface area contributed by atoms with E-state index in [1.165, 1.54) is 0 Å². The Morgan fingerprint density at radius 3 is 2.69 bits per heavy atom. The van der Waals surface area contributed by atoms with Gasteiger partial charge in [0.15, 0.2) is 0 Å². The Morgan fingerprint density at radius 1 is 1.15 bits per heavy atom. The number of carboxylic acids is 1. The smallest absolute Gasteiger partial charge is 0.335 e. The lowest BCUT2D eigenvalue weighted by Gasteiger charge is -2.27. The second-order valence-corrected chi connectivity index (χ2v) is 6.61. The maximum atomic E-state index is 11.3. The highest BCUT2D eigenvalue weighted by atomic mass is 16.4. The Balaban J connectivity index is 1.94. The number of aliphatic hydroxyl groups is 1. The van der Waals surface area contributed by atoms with Crippen LogP contribution in [0.4, 0.5) is 5.69 Å². The number of aliphatic hydroxyl groups excluding tert-OH is 1. The highest BCUT2D eigenvalue weighted by Gasteiger charge is 2.27. The molecule has 5 nitrogen and oxygen atoms in total. The monoisotopic (exact) mass is 348 g/mol. The first-order valence-corrected chi connectivity index (χ1v) is 8.78. The number of fused-ring (bicyclic) bond motifs is 1. The van der Waals surface area contributed by atoms with Crippen molar-refractivity contribution in [2.45, 2.75) is 18.9 Å². The van der Waals surface area contributed by atoms with Crippen molar-refractivity contribution in [3.05, 3.63) is 60.2 Å². The quantitative estimate of drug-likeness (QED) is 0.754. The van der Waals surface area contributed by atoms with Crippen molar-refractivity contribution in [3.63, 3.8) is 0 Å². The van der Waals surface area contributed by atoms with E-state index in [2.05, 4.69) is 4.90 Å². The molecule has 2 N–H and O–H groups in total. The number of pyridine rings is 1. The van der Waals surface area contributed by atoms with Crippen LogP contribution >= 0.6 is 0 Å². The molecule has 1 aliphatic rings. The van der Waals surface area contributed by atoms with Gasteiger partial charge in [0, 0.05) is 17.5 Å². The molecule has 1 aromatic heterocycles. The van der Waals surface area contributed by atoms with Gasteiger partial charge in [-0.2, -0.15) is 0 Å². The van der Waals surface area contributed by atoms with Crippen LogP contribution in [-0.4, -0.2) is 40.4 Å². The molecule has 0 unspecified atom stereocenters. The minimum absolute atomic E-state index is 0.0689. The summed E-state index contributed by atoms with van der Waals surface area (Å²) >= 11 is 0. The van der Waals surface area contributed by atoms with Crippen LogP contribution < -0.4 is 4.90 Å². The molecule has 4 rings (SSSR count). The first kappa shape index (κ1) is 16.5. The Kier molecular flexibility index (Phi) is 4.31.